The highest BCUT2D eigenvalue weighted by atomic mass is 32.2. The standard InChI is InChI=1S/C18H22OS/c1-18(2,3)16-8-10-17(11-9-16)20-13-15-6-4-14(12-19)5-7-15/h4-11,19H,12-13H2,1-3H3. The Kier molecular flexibility index (Phi) is 4.90. The molecule has 2 heteroatoms. The summed E-state index contributed by atoms with van der Waals surface area (Å²) in [5.74, 6) is 0.959. The molecule has 1 N–H and O–H groups in total. The highest BCUT2D eigenvalue weighted by molar-refractivity contribution is 7.98. The van der Waals surface area contributed by atoms with Gasteiger partial charge >= 0.3 is 0 Å². The summed E-state index contributed by atoms with van der Waals surface area (Å²) in [6, 6.07) is 17.0. The van der Waals surface area contributed by atoms with Crippen LogP contribution in [0.3, 0.4) is 0 Å². The van der Waals surface area contributed by atoms with Crippen molar-refractivity contribution in [2.45, 2.75) is 43.4 Å². The predicted molar refractivity (Wildman–Crippen MR) is 87.1 cm³/mol. The second-order valence-electron chi connectivity index (χ2n) is 6.04. The zero-order valence-electron chi connectivity index (χ0n) is 12.4. The Morgan fingerprint density at radius 2 is 1.40 bits per heavy atom. The van der Waals surface area contributed by atoms with Gasteiger partial charge in [0.15, 0.2) is 0 Å². The highest BCUT2D eigenvalue weighted by Crippen LogP contribution is 2.27. The van der Waals surface area contributed by atoms with Crippen LogP contribution in [0, 0.1) is 0 Å². The van der Waals surface area contributed by atoms with Crippen LogP contribution in [0.2, 0.25) is 0 Å². The lowest BCUT2D eigenvalue weighted by Crippen LogP contribution is -2.10. The first-order valence-electron chi connectivity index (χ1n) is 6.91. The maximum atomic E-state index is 9.02. The van der Waals surface area contributed by atoms with Crippen molar-refractivity contribution in [1.82, 2.24) is 0 Å². The maximum absolute atomic E-state index is 9.02. The van der Waals surface area contributed by atoms with Gasteiger partial charge in [-0.1, -0.05) is 57.2 Å². The fourth-order valence-electron chi connectivity index (χ4n) is 1.96. The van der Waals surface area contributed by atoms with Crippen LogP contribution in [0.25, 0.3) is 0 Å². The first-order chi connectivity index (χ1) is 9.49. The minimum atomic E-state index is 0.113. The average molecular weight is 286 g/mol. The van der Waals surface area contributed by atoms with E-state index < -0.39 is 0 Å². The molecule has 0 saturated carbocycles. The molecule has 0 amide bonds. The van der Waals surface area contributed by atoms with E-state index in [1.165, 1.54) is 16.0 Å². The monoisotopic (exact) mass is 286 g/mol. The molecule has 0 bridgehead atoms. The Bertz CT molecular complexity index is 535. The molecular weight excluding hydrogens is 264 g/mol. The number of benzene rings is 2. The molecule has 1 nitrogen and oxygen atoms in total. The van der Waals surface area contributed by atoms with Crippen molar-refractivity contribution >= 4 is 11.8 Å². The van der Waals surface area contributed by atoms with E-state index in [2.05, 4.69) is 57.2 Å². The van der Waals surface area contributed by atoms with Crippen molar-refractivity contribution in [3.05, 3.63) is 65.2 Å². The van der Waals surface area contributed by atoms with Crippen molar-refractivity contribution in [2.75, 3.05) is 0 Å². The number of aliphatic hydroxyl groups excluding tert-OH is 1. The van der Waals surface area contributed by atoms with Gasteiger partial charge in [0, 0.05) is 10.6 Å². The molecule has 0 unspecified atom stereocenters. The van der Waals surface area contributed by atoms with E-state index >= 15 is 0 Å². The predicted octanol–water partition coefficient (Wildman–Crippen LogP) is 4.77. The molecule has 20 heavy (non-hydrogen) atoms. The van der Waals surface area contributed by atoms with Crippen LogP contribution in [-0.2, 0) is 17.8 Å². The molecule has 0 radical (unpaired) electrons. The summed E-state index contributed by atoms with van der Waals surface area (Å²) in [5.41, 5.74) is 3.83. The molecular formula is C18H22OS. The first-order valence-corrected chi connectivity index (χ1v) is 7.89. The Morgan fingerprint density at radius 1 is 0.850 bits per heavy atom. The number of thioether (sulfide) groups is 1. The van der Waals surface area contributed by atoms with E-state index in [-0.39, 0.29) is 12.0 Å². The summed E-state index contributed by atoms with van der Waals surface area (Å²) in [5, 5.41) is 9.02. The number of hydrogen-bond acceptors (Lipinski definition) is 2. The third-order valence-electron chi connectivity index (χ3n) is 3.33. The fourth-order valence-corrected chi connectivity index (χ4v) is 2.81. The Morgan fingerprint density at radius 3 is 1.90 bits per heavy atom. The largest absolute Gasteiger partial charge is 0.392 e. The van der Waals surface area contributed by atoms with Crippen LogP contribution < -0.4 is 0 Å². The maximum Gasteiger partial charge on any atom is 0.0681 e. The van der Waals surface area contributed by atoms with Gasteiger partial charge in [0.05, 0.1) is 6.61 Å². The second-order valence-corrected chi connectivity index (χ2v) is 7.09. The summed E-state index contributed by atoms with van der Waals surface area (Å²) < 4.78 is 0. The molecule has 2 aromatic rings. The van der Waals surface area contributed by atoms with E-state index in [9.17, 15) is 0 Å². The minimum Gasteiger partial charge on any atom is -0.392 e. The van der Waals surface area contributed by atoms with Crippen molar-refractivity contribution < 1.29 is 5.11 Å². The normalized spacial score (nSPS) is 11.6. The smallest absolute Gasteiger partial charge is 0.0681 e. The lowest BCUT2D eigenvalue weighted by Gasteiger charge is -2.19. The fraction of sp³-hybridized carbons (Fsp3) is 0.333. The quantitative estimate of drug-likeness (QED) is 0.817. The van der Waals surface area contributed by atoms with E-state index in [0.29, 0.717) is 0 Å². The van der Waals surface area contributed by atoms with Crippen molar-refractivity contribution in [3.8, 4) is 0 Å². The summed E-state index contributed by atoms with van der Waals surface area (Å²) in [4.78, 5) is 1.30. The Labute approximate surface area is 126 Å². The zero-order valence-corrected chi connectivity index (χ0v) is 13.2. The molecule has 0 aliphatic carbocycles. The third-order valence-corrected chi connectivity index (χ3v) is 4.41. The van der Waals surface area contributed by atoms with Crippen LogP contribution in [-0.4, -0.2) is 5.11 Å². The summed E-state index contributed by atoms with van der Waals surface area (Å²) in [7, 11) is 0. The molecule has 0 saturated heterocycles. The van der Waals surface area contributed by atoms with Gasteiger partial charge in [0.1, 0.15) is 0 Å². The number of rotatable bonds is 4. The topological polar surface area (TPSA) is 20.2 Å². The van der Waals surface area contributed by atoms with E-state index in [1.54, 1.807) is 0 Å². The van der Waals surface area contributed by atoms with Gasteiger partial charge in [0.25, 0.3) is 0 Å². The van der Waals surface area contributed by atoms with Crippen LogP contribution >= 0.6 is 11.8 Å². The van der Waals surface area contributed by atoms with Crippen LogP contribution in [0.15, 0.2) is 53.4 Å². The Balaban J connectivity index is 1.96. The second kappa shape index (κ2) is 6.47. The molecule has 0 spiro atoms. The van der Waals surface area contributed by atoms with Gasteiger partial charge in [-0.25, -0.2) is 0 Å². The van der Waals surface area contributed by atoms with E-state index in [4.69, 9.17) is 5.11 Å². The lowest BCUT2D eigenvalue weighted by molar-refractivity contribution is 0.282. The summed E-state index contributed by atoms with van der Waals surface area (Å²) in [6.07, 6.45) is 0. The van der Waals surface area contributed by atoms with Crippen molar-refractivity contribution in [1.29, 1.82) is 0 Å². The van der Waals surface area contributed by atoms with Crippen LogP contribution in [0.5, 0.6) is 0 Å². The molecule has 2 rings (SSSR count). The molecule has 0 fully saturated rings. The molecule has 106 valence electrons. The van der Waals surface area contributed by atoms with E-state index in [0.717, 1.165) is 11.3 Å². The molecule has 0 aliphatic heterocycles. The molecule has 2 aromatic carbocycles. The van der Waals surface area contributed by atoms with Gasteiger partial charge in [-0.05, 0) is 34.2 Å². The van der Waals surface area contributed by atoms with Gasteiger partial charge in [-0.15, -0.1) is 11.8 Å². The van der Waals surface area contributed by atoms with Crippen molar-refractivity contribution in [3.63, 3.8) is 0 Å². The molecule has 0 aromatic heterocycles. The van der Waals surface area contributed by atoms with Crippen LogP contribution in [0.4, 0.5) is 0 Å². The van der Waals surface area contributed by atoms with Gasteiger partial charge in [-0.2, -0.15) is 0 Å². The first kappa shape index (κ1) is 15.1. The number of aliphatic hydroxyl groups is 1. The highest BCUT2D eigenvalue weighted by Gasteiger charge is 2.12. The zero-order chi connectivity index (χ0) is 14.6. The molecule has 0 atom stereocenters. The van der Waals surface area contributed by atoms with Gasteiger partial charge < -0.3 is 5.11 Å². The molecule has 0 heterocycles. The van der Waals surface area contributed by atoms with Gasteiger partial charge in [-0.3, -0.25) is 0 Å². The summed E-state index contributed by atoms with van der Waals surface area (Å²) >= 11 is 1.84. The van der Waals surface area contributed by atoms with Crippen molar-refractivity contribution in [2.24, 2.45) is 0 Å². The minimum absolute atomic E-state index is 0.113. The SMILES string of the molecule is CC(C)(C)c1ccc(SCc2ccc(CO)cc2)cc1. The Hall–Kier alpha value is -1.25. The average Bonchev–Trinajstić information content (AvgIpc) is 2.45. The third kappa shape index (κ3) is 4.12. The lowest BCUT2D eigenvalue weighted by atomic mass is 9.87. The van der Waals surface area contributed by atoms with Gasteiger partial charge in [0.2, 0.25) is 0 Å². The van der Waals surface area contributed by atoms with Crippen LogP contribution in [0.1, 0.15) is 37.5 Å². The number of hydrogen-bond donors (Lipinski definition) is 1. The summed E-state index contributed by atoms with van der Waals surface area (Å²) in [6.45, 7) is 6.81. The molecule has 0 aliphatic rings. The van der Waals surface area contributed by atoms with E-state index in [1.807, 2.05) is 23.9 Å².